The highest BCUT2D eigenvalue weighted by molar-refractivity contribution is 6.35. The summed E-state index contributed by atoms with van der Waals surface area (Å²) in [4.78, 5) is 2.17. The van der Waals surface area contributed by atoms with Gasteiger partial charge in [0.05, 0.1) is 11.6 Å². The van der Waals surface area contributed by atoms with Crippen LogP contribution in [0, 0.1) is 0 Å². The molecule has 1 aliphatic heterocycles. The maximum Gasteiger partial charge on any atom is 0.416 e. The van der Waals surface area contributed by atoms with Gasteiger partial charge < -0.3 is 5.32 Å². The Bertz CT molecular complexity index is 757. The number of nitrogens with zero attached hydrogens (tertiary/aromatic N) is 1. The Hall–Kier alpha value is -1.27. The first-order chi connectivity index (χ1) is 12.4. The van der Waals surface area contributed by atoms with Gasteiger partial charge in [-0.3, -0.25) is 4.90 Å². The van der Waals surface area contributed by atoms with Gasteiger partial charge in [0.15, 0.2) is 0 Å². The van der Waals surface area contributed by atoms with Gasteiger partial charge in [0, 0.05) is 29.7 Å². The average molecular weight is 403 g/mol. The van der Waals surface area contributed by atoms with Crippen molar-refractivity contribution in [1.29, 1.82) is 0 Å². The van der Waals surface area contributed by atoms with Gasteiger partial charge in [-0.05, 0) is 48.4 Å². The minimum Gasteiger partial charge on any atom is -0.315 e. The molecule has 0 aromatic heterocycles. The number of hydrogen-bond acceptors (Lipinski definition) is 2. The zero-order valence-electron chi connectivity index (χ0n) is 14.0. The maximum absolute atomic E-state index is 13.2. The molecule has 140 valence electrons. The Morgan fingerprint density at radius 2 is 1.81 bits per heavy atom. The van der Waals surface area contributed by atoms with E-state index in [9.17, 15) is 13.2 Å². The molecule has 0 radical (unpaired) electrons. The zero-order valence-corrected chi connectivity index (χ0v) is 15.5. The minimum absolute atomic E-state index is 0.359. The highest BCUT2D eigenvalue weighted by Crippen LogP contribution is 2.37. The van der Waals surface area contributed by atoms with E-state index >= 15 is 0 Å². The normalized spacial score (nSPS) is 17.7. The SMILES string of the molecule is FC(F)(F)c1cccc(C(c2ccc(Cl)cc2Cl)N2CCCNCC2)c1. The quantitative estimate of drug-likeness (QED) is 0.739. The Morgan fingerprint density at radius 3 is 2.54 bits per heavy atom. The molecule has 1 N–H and O–H groups in total. The number of alkyl halides is 3. The van der Waals surface area contributed by atoms with Crippen LogP contribution < -0.4 is 5.32 Å². The zero-order chi connectivity index (χ0) is 18.7. The fraction of sp³-hybridized carbons (Fsp3) is 0.368. The molecule has 7 heteroatoms. The van der Waals surface area contributed by atoms with E-state index in [4.69, 9.17) is 23.2 Å². The van der Waals surface area contributed by atoms with Crippen molar-refractivity contribution in [2.24, 2.45) is 0 Å². The van der Waals surface area contributed by atoms with Crippen molar-refractivity contribution in [1.82, 2.24) is 10.2 Å². The molecular formula is C19H19Cl2F3N2. The number of nitrogens with one attached hydrogen (secondary N) is 1. The van der Waals surface area contributed by atoms with E-state index in [1.165, 1.54) is 12.1 Å². The predicted octanol–water partition coefficient (Wildman–Crippen LogP) is 5.40. The fourth-order valence-electron chi connectivity index (χ4n) is 3.32. The first kappa shape index (κ1) is 19.5. The van der Waals surface area contributed by atoms with Gasteiger partial charge >= 0.3 is 6.18 Å². The average Bonchev–Trinajstić information content (AvgIpc) is 2.86. The first-order valence-electron chi connectivity index (χ1n) is 8.43. The highest BCUT2D eigenvalue weighted by atomic mass is 35.5. The van der Waals surface area contributed by atoms with Crippen molar-refractivity contribution < 1.29 is 13.2 Å². The van der Waals surface area contributed by atoms with Crippen LogP contribution in [-0.2, 0) is 6.18 Å². The Kier molecular flexibility index (Phi) is 6.13. The van der Waals surface area contributed by atoms with E-state index in [1.54, 1.807) is 24.3 Å². The molecule has 1 fully saturated rings. The molecular weight excluding hydrogens is 384 g/mol. The second-order valence-electron chi connectivity index (χ2n) is 6.33. The van der Waals surface area contributed by atoms with Gasteiger partial charge in [0.1, 0.15) is 0 Å². The monoisotopic (exact) mass is 402 g/mol. The van der Waals surface area contributed by atoms with Crippen molar-refractivity contribution in [3.05, 3.63) is 69.2 Å². The standard InChI is InChI=1S/C19H19Cl2F3N2/c20-15-5-6-16(17(21)12-15)18(26-9-2-7-25-8-10-26)13-3-1-4-14(11-13)19(22,23)24/h1,3-6,11-12,18,25H,2,7-10H2. The van der Waals surface area contributed by atoms with Gasteiger partial charge in [-0.2, -0.15) is 13.2 Å². The summed E-state index contributed by atoms with van der Waals surface area (Å²) in [6.45, 7) is 3.16. The maximum atomic E-state index is 13.2. The molecule has 2 aromatic rings. The van der Waals surface area contributed by atoms with E-state index in [-0.39, 0.29) is 6.04 Å². The lowest BCUT2D eigenvalue weighted by Crippen LogP contribution is -2.33. The molecule has 2 aromatic carbocycles. The minimum atomic E-state index is -4.38. The summed E-state index contributed by atoms with van der Waals surface area (Å²) in [6, 6.07) is 10.3. The van der Waals surface area contributed by atoms with Crippen LogP contribution >= 0.6 is 23.2 Å². The smallest absolute Gasteiger partial charge is 0.315 e. The van der Waals surface area contributed by atoms with Gasteiger partial charge in [-0.1, -0.05) is 41.4 Å². The number of benzene rings is 2. The van der Waals surface area contributed by atoms with Gasteiger partial charge in [-0.15, -0.1) is 0 Å². The highest BCUT2D eigenvalue weighted by Gasteiger charge is 2.32. The van der Waals surface area contributed by atoms with E-state index in [2.05, 4.69) is 10.2 Å². The molecule has 0 saturated carbocycles. The topological polar surface area (TPSA) is 15.3 Å². The van der Waals surface area contributed by atoms with Gasteiger partial charge in [0.2, 0.25) is 0 Å². The lowest BCUT2D eigenvalue weighted by molar-refractivity contribution is -0.137. The molecule has 0 bridgehead atoms. The van der Waals surface area contributed by atoms with Crippen LogP contribution in [0.3, 0.4) is 0 Å². The Balaban J connectivity index is 2.08. The van der Waals surface area contributed by atoms with Crippen molar-refractivity contribution in [3.8, 4) is 0 Å². The number of hydrogen-bond donors (Lipinski definition) is 1. The van der Waals surface area contributed by atoms with Crippen molar-refractivity contribution in [2.45, 2.75) is 18.6 Å². The lowest BCUT2D eigenvalue weighted by atomic mass is 9.95. The van der Waals surface area contributed by atoms with Gasteiger partial charge in [-0.25, -0.2) is 0 Å². The third-order valence-electron chi connectivity index (χ3n) is 4.53. The summed E-state index contributed by atoms with van der Waals surface area (Å²) in [6.07, 6.45) is -3.47. The molecule has 26 heavy (non-hydrogen) atoms. The van der Waals surface area contributed by atoms with E-state index < -0.39 is 11.7 Å². The molecule has 0 aliphatic carbocycles. The molecule has 0 spiro atoms. The van der Waals surface area contributed by atoms with E-state index in [0.29, 0.717) is 15.6 Å². The van der Waals surface area contributed by atoms with Crippen LogP contribution in [0.5, 0.6) is 0 Å². The summed E-state index contributed by atoms with van der Waals surface area (Å²) in [5.41, 5.74) is 0.682. The van der Waals surface area contributed by atoms with Crippen molar-refractivity contribution >= 4 is 23.2 Å². The molecule has 0 amide bonds. The lowest BCUT2D eigenvalue weighted by Gasteiger charge is -2.32. The molecule has 1 saturated heterocycles. The first-order valence-corrected chi connectivity index (χ1v) is 9.19. The molecule has 1 heterocycles. The Morgan fingerprint density at radius 1 is 1.00 bits per heavy atom. The largest absolute Gasteiger partial charge is 0.416 e. The summed E-state index contributed by atoms with van der Waals surface area (Å²) in [5.74, 6) is 0. The summed E-state index contributed by atoms with van der Waals surface area (Å²) < 4.78 is 39.6. The third kappa shape index (κ3) is 4.52. The van der Waals surface area contributed by atoms with Crippen LogP contribution in [0.15, 0.2) is 42.5 Å². The van der Waals surface area contributed by atoms with Crippen LogP contribution in [0.4, 0.5) is 13.2 Å². The second-order valence-corrected chi connectivity index (χ2v) is 7.17. The third-order valence-corrected chi connectivity index (χ3v) is 5.09. The van der Waals surface area contributed by atoms with Crippen molar-refractivity contribution in [3.63, 3.8) is 0 Å². The van der Waals surface area contributed by atoms with E-state index in [1.807, 2.05) is 0 Å². The molecule has 3 rings (SSSR count). The molecule has 2 nitrogen and oxygen atoms in total. The van der Waals surface area contributed by atoms with E-state index in [0.717, 1.165) is 44.2 Å². The predicted molar refractivity (Wildman–Crippen MR) is 98.8 cm³/mol. The van der Waals surface area contributed by atoms with Crippen LogP contribution in [-0.4, -0.2) is 31.1 Å². The molecule has 1 aliphatic rings. The van der Waals surface area contributed by atoms with Gasteiger partial charge in [0.25, 0.3) is 0 Å². The summed E-state index contributed by atoms with van der Waals surface area (Å²) in [7, 11) is 0. The summed E-state index contributed by atoms with van der Waals surface area (Å²) in [5, 5.41) is 4.27. The van der Waals surface area contributed by atoms with Crippen molar-refractivity contribution in [2.75, 3.05) is 26.2 Å². The number of halogens is 5. The van der Waals surface area contributed by atoms with Crippen LogP contribution in [0.1, 0.15) is 29.2 Å². The number of rotatable bonds is 3. The molecule has 1 unspecified atom stereocenters. The summed E-state index contributed by atoms with van der Waals surface area (Å²) >= 11 is 12.4. The Labute approximate surface area is 160 Å². The van der Waals surface area contributed by atoms with Crippen LogP contribution in [0.25, 0.3) is 0 Å². The molecule has 1 atom stereocenters. The van der Waals surface area contributed by atoms with Crippen LogP contribution in [0.2, 0.25) is 10.0 Å². The second kappa shape index (κ2) is 8.17. The fourth-order valence-corrected chi connectivity index (χ4v) is 3.83.